The zero-order chi connectivity index (χ0) is 22.5. The number of carbonyl (C=O) groups is 2. The van der Waals surface area contributed by atoms with Gasteiger partial charge in [-0.2, -0.15) is 0 Å². The summed E-state index contributed by atoms with van der Waals surface area (Å²) in [5.41, 5.74) is 2.95. The molecule has 8 heteroatoms. The van der Waals surface area contributed by atoms with Gasteiger partial charge in [-0.25, -0.2) is 4.98 Å². The van der Waals surface area contributed by atoms with Crippen LogP contribution in [0.1, 0.15) is 28.8 Å². The van der Waals surface area contributed by atoms with Crippen molar-refractivity contribution in [1.82, 2.24) is 4.98 Å². The monoisotopic (exact) mass is 434 g/mol. The van der Waals surface area contributed by atoms with Gasteiger partial charge in [0.05, 0.1) is 19.0 Å². The highest BCUT2D eigenvalue weighted by atomic mass is 16.5. The fourth-order valence-corrected chi connectivity index (χ4v) is 3.60. The second-order valence-corrected chi connectivity index (χ2v) is 7.77. The number of anilines is 3. The molecule has 0 spiro atoms. The van der Waals surface area contributed by atoms with E-state index in [0.717, 1.165) is 24.5 Å². The second-order valence-electron chi connectivity index (χ2n) is 7.77. The van der Waals surface area contributed by atoms with Crippen LogP contribution < -0.4 is 15.5 Å². The molecule has 32 heavy (non-hydrogen) atoms. The van der Waals surface area contributed by atoms with Crippen molar-refractivity contribution in [2.24, 2.45) is 0 Å². The van der Waals surface area contributed by atoms with Crippen molar-refractivity contribution < 1.29 is 19.4 Å². The van der Waals surface area contributed by atoms with Crippen LogP contribution in [0.2, 0.25) is 0 Å². The summed E-state index contributed by atoms with van der Waals surface area (Å²) < 4.78 is 5.37. The summed E-state index contributed by atoms with van der Waals surface area (Å²) in [6.07, 6.45) is 6.07. The van der Waals surface area contributed by atoms with E-state index in [2.05, 4.69) is 20.5 Å². The van der Waals surface area contributed by atoms with Gasteiger partial charge in [-0.3, -0.25) is 9.59 Å². The fourth-order valence-electron chi connectivity index (χ4n) is 3.60. The number of benzene rings is 1. The summed E-state index contributed by atoms with van der Waals surface area (Å²) >= 11 is 0. The van der Waals surface area contributed by atoms with Crippen molar-refractivity contribution in [2.75, 3.05) is 41.8 Å². The predicted octanol–water partition coefficient (Wildman–Crippen LogP) is 3.58. The standard InChI is InChI=1S/C24H26N4O4/c1-16-5-6-19(15-21(16)27-24(31)17-3-2-4-20(29)13-17)26-23(30)18-7-8-25-22(14-18)28-9-11-32-12-10-28/h3,5-8,13-15,29H,2,4,9-12H2,1H3,(H,26,30)(H,27,31). The molecule has 0 unspecified atom stereocenters. The Balaban J connectivity index is 1.46. The van der Waals surface area contributed by atoms with Crippen LogP contribution in [0.3, 0.4) is 0 Å². The van der Waals surface area contributed by atoms with Crippen LogP contribution in [0.4, 0.5) is 17.2 Å². The number of carbonyl (C=O) groups excluding carboxylic acids is 2. The van der Waals surface area contributed by atoms with Crippen molar-refractivity contribution in [1.29, 1.82) is 0 Å². The summed E-state index contributed by atoms with van der Waals surface area (Å²) in [4.78, 5) is 31.9. The number of nitrogens with one attached hydrogen (secondary N) is 2. The first-order valence-corrected chi connectivity index (χ1v) is 10.6. The van der Waals surface area contributed by atoms with E-state index in [1.54, 1.807) is 36.5 Å². The molecule has 1 aromatic carbocycles. The van der Waals surface area contributed by atoms with E-state index < -0.39 is 0 Å². The van der Waals surface area contributed by atoms with Crippen LogP contribution in [-0.2, 0) is 9.53 Å². The smallest absolute Gasteiger partial charge is 0.255 e. The van der Waals surface area contributed by atoms with Crippen LogP contribution in [-0.4, -0.2) is 48.2 Å². The third-order valence-electron chi connectivity index (χ3n) is 5.44. The van der Waals surface area contributed by atoms with E-state index in [0.29, 0.717) is 48.6 Å². The van der Waals surface area contributed by atoms with Crippen LogP contribution in [0, 0.1) is 6.92 Å². The number of aryl methyl sites for hydroxylation is 1. The molecule has 0 bridgehead atoms. The van der Waals surface area contributed by atoms with Gasteiger partial charge in [-0.05, 0) is 49.2 Å². The zero-order valence-electron chi connectivity index (χ0n) is 17.9. The molecule has 3 N–H and O–H groups in total. The van der Waals surface area contributed by atoms with E-state index >= 15 is 0 Å². The summed E-state index contributed by atoms with van der Waals surface area (Å²) in [7, 11) is 0. The van der Waals surface area contributed by atoms with Crippen LogP contribution in [0.5, 0.6) is 0 Å². The third-order valence-corrected chi connectivity index (χ3v) is 5.44. The van der Waals surface area contributed by atoms with Crippen molar-refractivity contribution >= 4 is 29.0 Å². The highest BCUT2D eigenvalue weighted by molar-refractivity contribution is 6.07. The predicted molar refractivity (Wildman–Crippen MR) is 123 cm³/mol. The second kappa shape index (κ2) is 9.65. The molecule has 166 valence electrons. The lowest BCUT2D eigenvalue weighted by Gasteiger charge is -2.27. The molecule has 2 aromatic rings. The Morgan fingerprint density at radius 1 is 1.09 bits per heavy atom. The molecule has 8 nitrogen and oxygen atoms in total. The van der Waals surface area contributed by atoms with Gasteiger partial charge in [0.25, 0.3) is 11.8 Å². The number of hydrogen-bond donors (Lipinski definition) is 3. The third kappa shape index (κ3) is 5.15. The largest absolute Gasteiger partial charge is 0.512 e. The molecular weight excluding hydrogens is 408 g/mol. The number of rotatable bonds is 5. The number of aliphatic hydroxyl groups excluding tert-OH is 1. The molecular formula is C24H26N4O4. The number of ether oxygens (including phenoxy) is 1. The average molecular weight is 434 g/mol. The van der Waals surface area contributed by atoms with Gasteiger partial charge in [-0.1, -0.05) is 12.1 Å². The summed E-state index contributed by atoms with van der Waals surface area (Å²) in [6.45, 7) is 4.64. The van der Waals surface area contributed by atoms with Gasteiger partial charge in [0.15, 0.2) is 0 Å². The van der Waals surface area contributed by atoms with Crippen molar-refractivity contribution in [3.8, 4) is 0 Å². The molecule has 1 aromatic heterocycles. The van der Waals surface area contributed by atoms with E-state index in [9.17, 15) is 14.7 Å². The maximum Gasteiger partial charge on any atom is 0.255 e. The maximum atomic E-state index is 12.8. The van der Waals surface area contributed by atoms with Crippen LogP contribution in [0.15, 0.2) is 60.0 Å². The number of aliphatic hydroxyl groups is 1. The Bertz CT molecular complexity index is 1090. The van der Waals surface area contributed by atoms with E-state index in [1.165, 1.54) is 6.08 Å². The highest BCUT2D eigenvalue weighted by Crippen LogP contribution is 2.23. The van der Waals surface area contributed by atoms with Crippen molar-refractivity contribution in [3.63, 3.8) is 0 Å². The minimum absolute atomic E-state index is 0.198. The number of amides is 2. The molecule has 0 radical (unpaired) electrons. The van der Waals surface area contributed by atoms with Crippen molar-refractivity contribution in [3.05, 3.63) is 71.1 Å². The Morgan fingerprint density at radius 3 is 2.69 bits per heavy atom. The Hall–Kier alpha value is -3.65. The van der Waals surface area contributed by atoms with Gasteiger partial charge in [0, 0.05) is 48.2 Å². The average Bonchev–Trinajstić information content (AvgIpc) is 2.82. The Kier molecular flexibility index (Phi) is 6.51. The van der Waals surface area contributed by atoms with Crippen molar-refractivity contribution in [2.45, 2.75) is 19.8 Å². The molecule has 1 aliphatic carbocycles. The molecule has 0 saturated carbocycles. The minimum Gasteiger partial charge on any atom is -0.512 e. The molecule has 2 aliphatic rings. The summed E-state index contributed by atoms with van der Waals surface area (Å²) in [5.74, 6) is 0.386. The Labute approximate surface area is 186 Å². The van der Waals surface area contributed by atoms with Gasteiger partial charge in [0.1, 0.15) is 5.82 Å². The topological polar surface area (TPSA) is 104 Å². The molecule has 1 fully saturated rings. The number of nitrogens with zero attached hydrogens (tertiary/aromatic N) is 2. The number of hydrogen-bond acceptors (Lipinski definition) is 6. The minimum atomic E-state index is -0.299. The molecule has 2 heterocycles. The summed E-state index contributed by atoms with van der Waals surface area (Å²) in [6, 6.07) is 8.79. The lowest BCUT2D eigenvalue weighted by Crippen LogP contribution is -2.36. The van der Waals surface area contributed by atoms with E-state index in [1.807, 2.05) is 13.0 Å². The SMILES string of the molecule is Cc1ccc(NC(=O)c2ccnc(N3CCOCC3)c2)cc1NC(=O)C1=CCCC(O)=C1. The fraction of sp³-hybridized carbons (Fsp3) is 0.292. The Morgan fingerprint density at radius 2 is 1.91 bits per heavy atom. The number of pyridine rings is 1. The van der Waals surface area contributed by atoms with Gasteiger partial charge >= 0.3 is 0 Å². The highest BCUT2D eigenvalue weighted by Gasteiger charge is 2.16. The molecule has 0 atom stereocenters. The van der Waals surface area contributed by atoms with Gasteiger partial charge < -0.3 is 25.4 Å². The molecule has 2 amide bonds. The maximum absolute atomic E-state index is 12.8. The summed E-state index contributed by atoms with van der Waals surface area (Å²) in [5, 5.41) is 15.4. The number of morpholine rings is 1. The van der Waals surface area contributed by atoms with Gasteiger partial charge in [0.2, 0.25) is 0 Å². The lowest BCUT2D eigenvalue weighted by atomic mass is 10.0. The zero-order valence-corrected chi connectivity index (χ0v) is 17.9. The van der Waals surface area contributed by atoms with E-state index in [-0.39, 0.29) is 17.6 Å². The van der Waals surface area contributed by atoms with Gasteiger partial charge in [-0.15, -0.1) is 0 Å². The first-order chi connectivity index (χ1) is 15.5. The molecule has 1 saturated heterocycles. The molecule has 1 aliphatic heterocycles. The van der Waals surface area contributed by atoms with E-state index in [4.69, 9.17) is 4.74 Å². The quantitative estimate of drug-likeness (QED) is 0.665. The lowest BCUT2D eigenvalue weighted by molar-refractivity contribution is -0.112. The first-order valence-electron chi connectivity index (χ1n) is 10.6. The molecule has 4 rings (SSSR count). The number of allylic oxidation sites excluding steroid dienone is 2. The number of aromatic nitrogens is 1. The first kappa shape index (κ1) is 21.6. The van der Waals surface area contributed by atoms with Crippen LogP contribution >= 0.6 is 0 Å². The van der Waals surface area contributed by atoms with Crippen LogP contribution in [0.25, 0.3) is 0 Å². The normalized spacial score (nSPS) is 16.1.